The van der Waals surface area contributed by atoms with Crippen molar-refractivity contribution in [3.63, 3.8) is 0 Å². The highest BCUT2D eigenvalue weighted by atomic mass is 16.5. The number of ether oxygens (including phenoxy) is 2. The van der Waals surface area contributed by atoms with Crippen LogP contribution < -0.4 is 4.74 Å². The van der Waals surface area contributed by atoms with Gasteiger partial charge in [0.25, 0.3) is 0 Å². The molecule has 0 N–H and O–H groups in total. The van der Waals surface area contributed by atoms with Crippen LogP contribution in [-0.4, -0.2) is 63.3 Å². The summed E-state index contributed by atoms with van der Waals surface area (Å²) < 4.78 is 11.4. The number of fused-ring (bicyclic) bond motifs is 1. The molecular formula is C22H30N2O2. The average molecular weight is 354 g/mol. The first kappa shape index (κ1) is 17.8. The fraction of sp³-hybridized carbons (Fsp3) is 0.545. The first-order valence-corrected chi connectivity index (χ1v) is 9.81. The molecular weight excluding hydrogens is 324 g/mol. The average Bonchev–Trinajstić information content (AvgIpc) is 2.69. The molecule has 2 aliphatic heterocycles. The van der Waals surface area contributed by atoms with Crippen LogP contribution in [0.1, 0.15) is 24.5 Å². The number of methoxy groups -OCH3 is 1. The molecule has 1 atom stereocenters. The van der Waals surface area contributed by atoms with Crippen LogP contribution in [0.5, 0.6) is 5.75 Å². The van der Waals surface area contributed by atoms with Crippen molar-refractivity contribution < 1.29 is 9.47 Å². The summed E-state index contributed by atoms with van der Waals surface area (Å²) in [4.78, 5) is 5.06. The lowest BCUT2D eigenvalue weighted by Crippen LogP contribution is -2.43. The van der Waals surface area contributed by atoms with Crippen LogP contribution in [-0.2, 0) is 4.74 Å². The van der Waals surface area contributed by atoms with E-state index in [0.29, 0.717) is 0 Å². The zero-order chi connectivity index (χ0) is 17.9. The van der Waals surface area contributed by atoms with Crippen molar-refractivity contribution in [2.24, 2.45) is 5.92 Å². The van der Waals surface area contributed by atoms with Gasteiger partial charge in [0.1, 0.15) is 5.75 Å². The highest BCUT2D eigenvalue weighted by Gasteiger charge is 2.25. The van der Waals surface area contributed by atoms with Gasteiger partial charge in [-0.25, -0.2) is 0 Å². The van der Waals surface area contributed by atoms with Crippen molar-refractivity contribution in [1.82, 2.24) is 9.80 Å². The van der Waals surface area contributed by atoms with E-state index < -0.39 is 0 Å². The Bertz CT molecular complexity index is 740. The van der Waals surface area contributed by atoms with E-state index in [1.807, 2.05) is 6.07 Å². The van der Waals surface area contributed by atoms with E-state index in [2.05, 4.69) is 47.2 Å². The van der Waals surface area contributed by atoms with Crippen LogP contribution in [0, 0.1) is 5.92 Å². The van der Waals surface area contributed by atoms with Crippen LogP contribution in [0.3, 0.4) is 0 Å². The maximum absolute atomic E-state index is 6.12. The molecule has 2 aliphatic rings. The summed E-state index contributed by atoms with van der Waals surface area (Å²) in [6.07, 6.45) is 2.84. The summed E-state index contributed by atoms with van der Waals surface area (Å²) in [7, 11) is 3.95. The molecule has 0 amide bonds. The van der Waals surface area contributed by atoms with Gasteiger partial charge in [0.15, 0.2) is 0 Å². The smallest absolute Gasteiger partial charge is 0.119 e. The van der Waals surface area contributed by atoms with E-state index in [9.17, 15) is 0 Å². The van der Waals surface area contributed by atoms with Crippen LogP contribution >= 0.6 is 0 Å². The molecule has 4 heteroatoms. The molecule has 2 saturated heterocycles. The normalized spacial score (nSPS) is 23.4. The van der Waals surface area contributed by atoms with E-state index in [-0.39, 0.29) is 6.10 Å². The second-order valence-electron chi connectivity index (χ2n) is 7.84. The molecule has 140 valence electrons. The summed E-state index contributed by atoms with van der Waals surface area (Å²) >= 11 is 0. The highest BCUT2D eigenvalue weighted by Crippen LogP contribution is 2.28. The van der Waals surface area contributed by atoms with E-state index in [4.69, 9.17) is 9.47 Å². The largest absolute Gasteiger partial charge is 0.497 e. The Balaban J connectivity index is 1.43. The van der Waals surface area contributed by atoms with Crippen molar-refractivity contribution in [2.45, 2.75) is 18.9 Å². The van der Waals surface area contributed by atoms with E-state index in [1.54, 1.807) is 7.11 Å². The van der Waals surface area contributed by atoms with E-state index in [1.165, 1.54) is 48.8 Å². The molecule has 2 aromatic carbocycles. The molecule has 4 nitrogen and oxygen atoms in total. The van der Waals surface area contributed by atoms with Gasteiger partial charge in [0, 0.05) is 19.6 Å². The fourth-order valence-electron chi connectivity index (χ4n) is 4.25. The first-order chi connectivity index (χ1) is 12.7. The monoisotopic (exact) mass is 354 g/mol. The zero-order valence-corrected chi connectivity index (χ0v) is 16.0. The third kappa shape index (κ3) is 4.03. The van der Waals surface area contributed by atoms with Gasteiger partial charge in [0.2, 0.25) is 0 Å². The molecule has 4 rings (SSSR count). The predicted molar refractivity (Wildman–Crippen MR) is 106 cm³/mol. The molecule has 0 aliphatic carbocycles. The molecule has 2 heterocycles. The first-order valence-electron chi connectivity index (χ1n) is 9.81. The lowest BCUT2D eigenvalue weighted by Gasteiger charge is -2.37. The molecule has 26 heavy (non-hydrogen) atoms. The van der Waals surface area contributed by atoms with Gasteiger partial charge in [-0.3, -0.25) is 4.90 Å². The minimum atomic E-state index is 0.182. The number of benzene rings is 2. The standard InChI is InChI=1S/C22H30N2O2/c1-23-9-7-17(8-10-23)15-24-11-12-26-22(16-24)20-4-3-19-14-21(25-2)6-5-18(19)13-20/h3-6,13-14,17,22H,7-12,15-16H2,1-2H3/t22-/m1/s1. The molecule has 2 fully saturated rings. The van der Waals surface area contributed by atoms with Gasteiger partial charge in [-0.1, -0.05) is 18.2 Å². The highest BCUT2D eigenvalue weighted by molar-refractivity contribution is 5.84. The van der Waals surface area contributed by atoms with Crippen LogP contribution in [0.2, 0.25) is 0 Å². The fourth-order valence-corrected chi connectivity index (χ4v) is 4.25. The molecule has 0 spiro atoms. The minimum Gasteiger partial charge on any atom is -0.497 e. The minimum absolute atomic E-state index is 0.182. The van der Waals surface area contributed by atoms with E-state index >= 15 is 0 Å². The summed E-state index contributed by atoms with van der Waals surface area (Å²) in [5.41, 5.74) is 1.29. The Morgan fingerprint density at radius 2 is 1.81 bits per heavy atom. The maximum Gasteiger partial charge on any atom is 0.119 e. The molecule has 0 unspecified atom stereocenters. The number of nitrogens with zero attached hydrogens (tertiary/aromatic N) is 2. The SMILES string of the molecule is COc1ccc2cc([C@H]3CN(CC4CCN(C)CC4)CCO3)ccc2c1. The molecule has 0 aromatic heterocycles. The van der Waals surface area contributed by atoms with Gasteiger partial charge >= 0.3 is 0 Å². The summed E-state index contributed by atoms with van der Waals surface area (Å²) in [5, 5.41) is 2.46. The predicted octanol–water partition coefficient (Wildman–Crippen LogP) is 3.56. The van der Waals surface area contributed by atoms with Gasteiger partial charge in [0.05, 0.1) is 19.8 Å². The van der Waals surface area contributed by atoms with Crippen molar-refractivity contribution in [1.29, 1.82) is 0 Å². The third-order valence-electron chi connectivity index (χ3n) is 5.95. The molecule has 0 saturated carbocycles. The quantitative estimate of drug-likeness (QED) is 0.838. The Morgan fingerprint density at radius 3 is 2.62 bits per heavy atom. The van der Waals surface area contributed by atoms with Gasteiger partial charge < -0.3 is 14.4 Å². The Labute approximate surface area is 156 Å². The van der Waals surface area contributed by atoms with Crippen LogP contribution in [0.15, 0.2) is 36.4 Å². The number of rotatable bonds is 4. The number of hydrogen-bond donors (Lipinski definition) is 0. The van der Waals surface area contributed by atoms with Crippen molar-refractivity contribution >= 4 is 10.8 Å². The molecule has 0 bridgehead atoms. The lowest BCUT2D eigenvalue weighted by molar-refractivity contribution is -0.0368. The van der Waals surface area contributed by atoms with Gasteiger partial charge in [-0.2, -0.15) is 0 Å². The summed E-state index contributed by atoms with van der Waals surface area (Å²) in [5.74, 6) is 1.75. The third-order valence-corrected chi connectivity index (χ3v) is 5.95. The summed E-state index contributed by atoms with van der Waals surface area (Å²) in [6.45, 7) is 6.61. The van der Waals surface area contributed by atoms with Gasteiger partial charge in [-0.05, 0) is 73.4 Å². The zero-order valence-electron chi connectivity index (χ0n) is 16.0. The number of likely N-dealkylation sites (tertiary alicyclic amines) is 1. The number of morpholine rings is 1. The van der Waals surface area contributed by atoms with Crippen molar-refractivity contribution in [2.75, 3.05) is 53.5 Å². The maximum atomic E-state index is 6.12. The van der Waals surface area contributed by atoms with Crippen molar-refractivity contribution in [3.05, 3.63) is 42.0 Å². The Morgan fingerprint density at radius 1 is 1.04 bits per heavy atom. The summed E-state index contributed by atoms with van der Waals surface area (Å²) in [6, 6.07) is 12.9. The molecule has 0 radical (unpaired) electrons. The molecule has 2 aromatic rings. The Kier molecular flexibility index (Phi) is 5.44. The topological polar surface area (TPSA) is 24.9 Å². The Hall–Kier alpha value is -1.62. The van der Waals surface area contributed by atoms with Crippen LogP contribution in [0.4, 0.5) is 0 Å². The lowest BCUT2D eigenvalue weighted by atomic mass is 9.95. The number of hydrogen-bond acceptors (Lipinski definition) is 4. The second kappa shape index (κ2) is 7.95. The van der Waals surface area contributed by atoms with Gasteiger partial charge in [-0.15, -0.1) is 0 Å². The van der Waals surface area contributed by atoms with E-state index in [0.717, 1.165) is 31.4 Å². The van der Waals surface area contributed by atoms with Crippen LogP contribution in [0.25, 0.3) is 10.8 Å². The number of piperidine rings is 1. The second-order valence-corrected chi connectivity index (χ2v) is 7.84. The van der Waals surface area contributed by atoms with Crippen molar-refractivity contribution in [3.8, 4) is 5.75 Å².